The molecule has 0 saturated carbocycles. The molecule has 0 bridgehead atoms. The van der Waals surface area contributed by atoms with Crippen molar-refractivity contribution >= 4 is 17.4 Å². The van der Waals surface area contributed by atoms with Crippen LogP contribution in [0.1, 0.15) is 18.9 Å². The molecular weight excluding hydrogens is 238 g/mol. The number of hydrogen-bond donors (Lipinski definition) is 0. The first kappa shape index (κ1) is 11.7. The van der Waals surface area contributed by atoms with Crippen LogP contribution in [0.3, 0.4) is 0 Å². The Labute approximate surface area is 113 Å². The molecule has 1 aliphatic rings. The molecule has 0 saturated heterocycles. The molecule has 18 heavy (non-hydrogen) atoms. The van der Waals surface area contributed by atoms with Gasteiger partial charge in [-0.15, -0.1) is 0 Å². The molecule has 2 heteroatoms. The number of fused-ring (bicyclic) bond motifs is 1. The Morgan fingerprint density at radius 3 is 2.33 bits per heavy atom. The highest BCUT2D eigenvalue weighted by molar-refractivity contribution is 8.00. The van der Waals surface area contributed by atoms with Gasteiger partial charge in [-0.1, -0.05) is 61.2 Å². The van der Waals surface area contributed by atoms with Crippen molar-refractivity contribution in [1.82, 2.24) is 0 Å². The molecule has 92 valence electrons. The molecule has 2 aromatic rings. The Morgan fingerprint density at radius 2 is 1.67 bits per heavy atom. The van der Waals surface area contributed by atoms with Crippen molar-refractivity contribution in [3.05, 3.63) is 60.2 Å². The first-order valence-electron chi connectivity index (χ1n) is 6.35. The maximum atomic E-state index is 2.42. The number of benzene rings is 2. The minimum Gasteiger partial charge on any atom is -0.355 e. The number of rotatable bonds is 2. The van der Waals surface area contributed by atoms with Crippen LogP contribution in [0.25, 0.3) is 0 Å². The fraction of sp³-hybridized carbons (Fsp3) is 0.250. The highest BCUT2D eigenvalue weighted by atomic mass is 32.2. The molecule has 1 unspecified atom stereocenters. The van der Waals surface area contributed by atoms with E-state index in [-0.39, 0.29) is 4.87 Å². The van der Waals surface area contributed by atoms with Gasteiger partial charge in [0.25, 0.3) is 0 Å². The van der Waals surface area contributed by atoms with E-state index < -0.39 is 0 Å². The van der Waals surface area contributed by atoms with Crippen molar-refractivity contribution in [3.8, 4) is 0 Å². The topological polar surface area (TPSA) is 3.24 Å². The van der Waals surface area contributed by atoms with Gasteiger partial charge in [0.15, 0.2) is 0 Å². The van der Waals surface area contributed by atoms with Crippen molar-refractivity contribution in [3.63, 3.8) is 0 Å². The average Bonchev–Trinajstić information content (AvgIpc) is 2.74. The highest BCUT2D eigenvalue weighted by Crippen LogP contribution is 2.56. The minimum atomic E-state index is 0.0466. The predicted octanol–water partition coefficient (Wildman–Crippen LogP) is 4.49. The van der Waals surface area contributed by atoms with Crippen molar-refractivity contribution in [2.75, 3.05) is 11.9 Å². The number of nitrogens with zero attached hydrogens (tertiary/aromatic N) is 1. The molecule has 0 fully saturated rings. The van der Waals surface area contributed by atoms with E-state index in [0.29, 0.717) is 0 Å². The molecule has 3 rings (SSSR count). The molecule has 0 radical (unpaired) electrons. The van der Waals surface area contributed by atoms with Crippen LogP contribution >= 0.6 is 11.8 Å². The van der Waals surface area contributed by atoms with Gasteiger partial charge >= 0.3 is 0 Å². The third-order valence-corrected chi connectivity index (χ3v) is 5.45. The van der Waals surface area contributed by atoms with E-state index in [4.69, 9.17) is 0 Å². The molecule has 1 aliphatic heterocycles. The van der Waals surface area contributed by atoms with E-state index in [2.05, 4.69) is 73.5 Å². The highest BCUT2D eigenvalue weighted by Gasteiger charge is 2.42. The molecule has 0 aliphatic carbocycles. The molecular formula is C16H17NS. The standard InChI is InChI=1S/C16H17NS/c1-3-16(13-9-5-4-6-10-13)17(2)14-11-7-8-12-15(14)18-16/h4-12H,3H2,1-2H3. The summed E-state index contributed by atoms with van der Waals surface area (Å²) >= 11 is 1.97. The maximum absolute atomic E-state index is 2.42. The van der Waals surface area contributed by atoms with Crippen LogP contribution < -0.4 is 4.90 Å². The summed E-state index contributed by atoms with van der Waals surface area (Å²) in [4.78, 5) is 3.85. The van der Waals surface area contributed by atoms with Gasteiger partial charge in [-0.3, -0.25) is 0 Å². The SMILES string of the molecule is CCC1(c2ccccc2)Sc2ccccc2N1C. The van der Waals surface area contributed by atoms with Gasteiger partial charge in [-0.05, 0) is 24.1 Å². The maximum Gasteiger partial charge on any atom is 0.116 e. The van der Waals surface area contributed by atoms with Gasteiger partial charge in [0, 0.05) is 11.9 Å². The summed E-state index contributed by atoms with van der Waals surface area (Å²) in [5, 5.41) is 0. The van der Waals surface area contributed by atoms with E-state index in [1.165, 1.54) is 16.1 Å². The van der Waals surface area contributed by atoms with Gasteiger partial charge in [-0.25, -0.2) is 0 Å². The van der Waals surface area contributed by atoms with E-state index in [1.54, 1.807) is 0 Å². The zero-order valence-corrected chi connectivity index (χ0v) is 11.6. The largest absolute Gasteiger partial charge is 0.355 e. The van der Waals surface area contributed by atoms with Crippen molar-refractivity contribution in [1.29, 1.82) is 0 Å². The minimum absolute atomic E-state index is 0.0466. The number of thioether (sulfide) groups is 1. The summed E-state index contributed by atoms with van der Waals surface area (Å²) in [6.07, 6.45) is 1.09. The van der Waals surface area contributed by atoms with E-state index in [1.807, 2.05) is 11.8 Å². The fourth-order valence-corrected chi connectivity index (χ4v) is 4.18. The van der Waals surface area contributed by atoms with Gasteiger partial charge in [0.05, 0.1) is 5.69 Å². The lowest BCUT2D eigenvalue weighted by Crippen LogP contribution is -2.37. The average molecular weight is 255 g/mol. The second kappa shape index (κ2) is 4.36. The summed E-state index contributed by atoms with van der Waals surface area (Å²) in [6, 6.07) is 19.5. The summed E-state index contributed by atoms with van der Waals surface area (Å²) in [6.45, 7) is 2.27. The predicted molar refractivity (Wildman–Crippen MR) is 79.1 cm³/mol. The van der Waals surface area contributed by atoms with Crippen LogP contribution in [0.4, 0.5) is 5.69 Å². The van der Waals surface area contributed by atoms with Gasteiger partial charge in [0.1, 0.15) is 4.87 Å². The lowest BCUT2D eigenvalue weighted by atomic mass is 10.0. The van der Waals surface area contributed by atoms with Crippen molar-refractivity contribution < 1.29 is 0 Å². The monoisotopic (exact) mass is 255 g/mol. The fourth-order valence-electron chi connectivity index (χ4n) is 2.73. The van der Waals surface area contributed by atoms with Gasteiger partial charge < -0.3 is 4.90 Å². The Hall–Kier alpha value is -1.41. The summed E-state index contributed by atoms with van der Waals surface area (Å²) in [5.74, 6) is 0. The molecule has 0 amide bonds. The van der Waals surface area contributed by atoms with Crippen LogP contribution in [0.15, 0.2) is 59.5 Å². The Balaban J connectivity index is 2.12. The second-order valence-electron chi connectivity index (χ2n) is 4.63. The molecule has 2 aromatic carbocycles. The zero-order valence-electron chi connectivity index (χ0n) is 10.8. The Morgan fingerprint density at radius 1 is 1.00 bits per heavy atom. The Kier molecular flexibility index (Phi) is 2.83. The van der Waals surface area contributed by atoms with Crippen LogP contribution in [0.2, 0.25) is 0 Å². The lowest BCUT2D eigenvalue weighted by molar-refractivity contribution is 0.597. The van der Waals surface area contributed by atoms with E-state index in [0.717, 1.165) is 6.42 Å². The lowest BCUT2D eigenvalue weighted by Gasteiger charge is -2.36. The molecule has 0 spiro atoms. The quantitative estimate of drug-likeness (QED) is 0.777. The number of hydrogen-bond acceptors (Lipinski definition) is 2. The number of para-hydroxylation sites is 1. The Bertz CT molecular complexity index is 552. The third-order valence-electron chi connectivity index (χ3n) is 3.75. The van der Waals surface area contributed by atoms with E-state index in [9.17, 15) is 0 Å². The normalized spacial score (nSPS) is 22.0. The van der Waals surface area contributed by atoms with Crippen LogP contribution in [-0.2, 0) is 4.87 Å². The van der Waals surface area contributed by atoms with Gasteiger partial charge in [0.2, 0.25) is 0 Å². The summed E-state index contributed by atoms with van der Waals surface area (Å²) in [5.41, 5.74) is 2.73. The van der Waals surface area contributed by atoms with Crippen LogP contribution in [-0.4, -0.2) is 7.05 Å². The molecule has 0 N–H and O–H groups in total. The molecule has 1 heterocycles. The number of anilines is 1. The third kappa shape index (κ3) is 1.56. The zero-order chi connectivity index (χ0) is 12.6. The van der Waals surface area contributed by atoms with Crippen LogP contribution in [0.5, 0.6) is 0 Å². The smallest absolute Gasteiger partial charge is 0.116 e. The molecule has 1 nitrogen and oxygen atoms in total. The molecule has 0 aromatic heterocycles. The molecule has 1 atom stereocenters. The van der Waals surface area contributed by atoms with E-state index >= 15 is 0 Å². The van der Waals surface area contributed by atoms with Gasteiger partial charge in [-0.2, -0.15) is 0 Å². The second-order valence-corrected chi connectivity index (χ2v) is 5.95. The van der Waals surface area contributed by atoms with Crippen molar-refractivity contribution in [2.24, 2.45) is 0 Å². The first-order chi connectivity index (χ1) is 8.78. The van der Waals surface area contributed by atoms with Crippen molar-refractivity contribution in [2.45, 2.75) is 23.1 Å². The summed E-state index contributed by atoms with van der Waals surface area (Å²) in [7, 11) is 2.20. The first-order valence-corrected chi connectivity index (χ1v) is 7.17. The summed E-state index contributed by atoms with van der Waals surface area (Å²) < 4.78 is 0. The van der Waals surface area contributed by atoms with Crippen LogP contribution in [0, 0.1) is 0 Å².